The molecule has 0 aliphatic carbocycles. The number of benzene rings is 2. The van der Waals surface area contributed by atoms with Crippen LogP contribution in [0.4, 0.5) is 0 Å². The molecule has 24 heavy (non-hydrogen) atoms. The van der Waals surface area contributed by atoms with Crippen molar-refractivity contribution >= 4 is 17.6 Å². The van der Waals surface area contributed by atoms with Crippen molar-refractivity contribution in [3.63, 3.8) is 0 Å². The molecule has 0 aromatic heterocycles. The monoisotopic (exact) mass is 350 g/mol. The summed E-state index contributed by atoms with van der Waals surface area (Å²) in [6.45, 7) is 1.00. The van der Waals surface area contributed by atoms with Crippen LogP contribution in [0.5, 0.6) is 23.0 Å². The smallest absolute Gasteiger partial charge is 0.342 e. The molecule has 0 bridgehead atoms. The molecule has 0 saturated carbocycles. The average Bonchev–Trinajstić information content (AvgIpc) is 2.78. The van der Waals surface area contributed by atoms with E-state index in [9.17, 15) is 15.0 Å². The number of ether oxygens (including phenoxy) is 3. The third kappa shape index (κ3) is 3.49. The van der Waals surface area contributed by atoms with Crippen LogP contribution in [-0.4, -0.2) is 29.4 Å². The zero-order chi connectivity index (χ0) is 17.1. The van der Waals surface area contributed by atoms with Crippen LogP contribution < -0.4 is 9.47 Å². The fraction of sp³-hybridized carbons (Fsp3) is 0.235. The maximum absolute atomic E-state index is 12.0. The highest BCUT2D eigenvalue weighted by Crippen LogP contribution is 2.38. The molecule has 1 aliphatic heterocycles. The highest BCUT2D eigenvalue weighted by atomic mass is 35.5. The van der Waals surface area contributed by atoms with Gasteiger partial charge in [0.1, 0.15) is 23.7 Å². The molecule has 0 radical (unpaired) electrons. The second-order valence-corrected chi connectivity index (χ2v) is 5.64. The Balaban J connectivity index is 1.73. The van der Waals surface area contributed by atoms with E-state index in [-0.39, 0.29) is 23.7 Å². The Kier molecular flexibility index (Phi) is 4.66. The van der Waals surface area contributed by atoms with E-state index in [1.807, 2.05) is 0 Å². The van der Waals surface area contributed by atoms with Crippen LogP contribution in [0.2, 0.25) is 5.02 Å². The van der Waals surface area contributed by atoms with Gasteiger partial charge in [0.2, 0.25) is 0 Å². The second-order valence-electron chi connectivity index (χ2n) is 5.23. The summed E-state index contributed by atoms with van der Waals surface area (Å²) in [5.41, 5.74) is 0.601. The predicted molar refractivity (Wildman–Crippen MR) is 86.0 cm³/mol. The lowest BCUT2D eigenvalue weighted by molar-refractivity contribution is 0.0469. The normalized spacial score (nSPS) is 13.2. The number of hydrogen-bond donors (Lipinski definition) is 2. The largest absolute Gasteiger partial charge is 0.508 e. The molecule has 2 N–H and O–H groups in total. The van der Waals surface area contributed by atoms with Gasteiger partial charge in [-0.05, 0) is 29.8 Å². The van der Waals surface area contributed by atoms with E-state index in [0.717, 1.165) is 12.5 Å². The van der Waals surface area contributed by atoms with E-state index in [1.165, 1.54) is 12.1 Å². The first-order valence-corrected chi connectivity index (χ1v) is 7.69. The minimum Gasteiger partial charge on any atom is -0.508 e. The molecule has 2 aromatic rings. The van der Waals surface area contributed by atoms with Gasteiger partial charge in [-0.15, -0.1) is 0 Å². The van der Waals surface area contributed by atoms with Crippen molar-refractivity contribution in [3.8, 4) is 23.0 Å². The van der Waals surface area contributed by atoms with Crippen LogP contribution in [0.1, 0.15) is 22.3 Å². The topological polar surface area (TPSA) is 85.2 Å². The van der Waals surface area contributed by atoms with Crippen molar-refractivity contribution in [1.82, 2.24) is 0 Å². The van der Waals surface area contributed by atoms with E-state index < -0.39 is 5.97 Å². The van der Waals surface area contributed by atoms with E-state index >= 15 is 0 Å². The summed E-state index contributed by atoms with van der Waals surface area (Å²) in [4.78, 5) is 12.0. The molecule has 0 atom stereocenters. The number of phenols is 2. The van der Waals surface area contributed by atoms with Gasteiger partial charge >= 0.3 is 5.97 Å². The maximum Gasteiger partial charge on any atom is 0.342 e. The Hall–Kier alpha value is -2.60. The van der Waals surface area contributed by atoms with Gasteiger partial charge in [0.05, 0.1) is 18.2 Å². The SMILES string of the molecule is O=C(OCc1cc(Cl)c2c(c1)OCCCO2)c1ccc(O)cc1O. The lowest BCUT2D eigenvalue weighted by Gasteiger charge is -2.12. The molecule has 0 amide bonds. The number of aromatic hydroxyl groups is 2. The summed E-state index contributed by atoms with van der Waals surface area (Å²) in [5.74, 6) is -0.204. The molecule has 1 heterocycles. The summed E-state index contributed by atoms with van der Waals surface area (Å²) in [7, 11) is 0. The van der Waals surface area contributed by atoms with E-state index in [1.54, 1.807) is 12.1 Å². The number of phenolic OH excluding ortho intramolecular Hbond substituents is 2. The standard InChI is InChI=1S/C17H15ClO6/c18-13-6-10(7-15-16(13)23-5-1-4-22-15)9-24-17(21)12-3-2-11(19)8-14(12)20/h2-3,6-8,19-20H,1,4-5,9H2. The molecule has 0 fully saturated rings. The van der Waals surface area contributed by atoms with E-state index in [4.69, 9.17) is 25.8 Å². The maximum atomic E-state index is 12.0. The van der Waals surface area contributed by atoms with Crippen molar-refractivity contribution in [1.29, 1.82) is 0 Å². The quantitative estimate of drug-likeness (QED) is 0.826. The highest BCUT2D eigenvalue weighted by molar-refractivity contribution is 6.32. The molecular formula is C17H15ClO6. The van der Waals surface area contributed by atoms with Crippen LogP contribution >= 0.6 is 11.6 Å². The Morgan fingerprint density at radius 1 is 1.17 bits per heavy atom. The molecule has 126 valence electrons. The van der Waals surface area contributed by atoms with Crippen LogP contribution in [0, 0.1) is 0 Å². The van der Waals surface area contributed by atoms with Gasteiger partial charge in [-0.25, -0.2) is 4.79 Å². The first-order chi connectivity index (χ1) is 11.5. The van der Waals surface area contributed by atoms with E-state index in [2.05, 4.69) is 0 Å². The van der Waals surface area contributed by atoms with Gasteiger partial charge in [0, 0.05) is 12.5 Å². The summed E-state index contributed by atoms with van der Waals surface area (Å²) >= 11 is 6.18. The number of carbonyl (C=O) groups excluding carboxylic acids is 1. The summed E-state index contributed by atoms with van der Waals surface area (Å²) in [5, 5.41) is 19.3. The molecule has 0 spiro atoms. The minimum absolute atomic E-state index is 0.0340. The van der Waals surface area contributed by atoms with Crippen LogP contribution in [0.3, 0.4) is 0 Å². The third-order valence-electron chi connectivity index (χ3n) is 3.43. The number of fused-ring (bicyclic) bond motifs is 1. The average molecular weight is 351 g/mol. The van der Waals surface area contributed by atoms with Gasteiger partial charge in [0.25, 0.3) is 0 Å². The molecule has 3 rings (SSSR count). The fourth-order valence-corrected chi connectivity index (χ4v) is 2.57. The highest BCUT2D eigenvalue weighted by Gasteiger charge is 2.17. The zero-order valence-electron chi connectivity index (χ0n) is 12.6. The van der Waals surface area contributed by atoms with Gasteiger partial charge in [-0.1, -0.05) is 11.6 Å². The molecule has 2 aromatic carbocycles. The number of hydrogen-bond acceptors (Lipinski definition) is 6. The van der Waals surface area contributed by atoms with Crippen LogP contribution in [0.25, 0.3) is 0 Å². The molecule has 1 aliphatic rings. The fourth-order valence-electron chi connectivity index (χ4n) is 2.29. The van der Waals surface area contributed by atoms with Crippen molar-refractivity contribution in [2.45, 2.75) is 13.0 Å². The van der Waals surface area contributed by atoms with Crippen LogP contribution in [-0.2, 0) is 11.3 Å². The Labute approximate surface area is 143 Å². The molecule has 0 unspecified atom stereocenters. The van der Waals surface area contributed by atoms with Gasteiger partial charge < -0.3 is 24.4 Å². The Bertz CT molecular complexity index is 774. The first kappa shape index (κ1) is 16.3. The number of halogens is 1. The lowest BCUT2D eigenvalue weighted by atomic mass is 10.2. The molecule has 0 saturated heterocycles. The van der Waals surface area contributed by atoms with Crippen molar-refractivity contribution in [2.24, 2.45) is 0 Å². The second kappa shape index (κ2) is 6.88. The summed E-state index contributed by atoms with van der Waals surface area (Å²) < 4.78 is 16.3. The number of carbonyl (C=O) groups is 1. The van der Waals surface area contributed by atoms with Gasteiger partial charge in [-0.2, -0.15) is 0 Å². The molecule has 6 nitrogen and oxygen atoms in total. The van der Waals surface area contributed by atoms with Crippen molar-refractivity contribution in [3.05, 3.63) is 46.5 Å². The minimum atomic E-state index is -0.712. The summed E-state index contributed by atoms with van der Waals surface area (Å²) in [6.07, 6.45) is 0.759. The lowest BCUT2D eigenvalue weighted by Crippen LogP contribution is -2.06. The molecular weight excluding hydrogens is 336 g/mol. The van der Waals surface area contributed by atoms with Crippen LogP contribution in [0.15, 0.2) is 30.3 Å². The van der Waals surface area contributed by atoms with Crippen molar-refractivity contribution in [2.75, 3.05) is 13.2 Å². The Morgan fingerprint density at radius 3 is 2.75 bits per heavy atom. The predicted octanol–water partition coefficient (Wildman–Crippen LogP) is 3.27. The number of esters is 1. The first-order valence-electron chi connectivity index (χ1n) is 7.32. The third-order valence-corrected chi connectivity index (χ3v) is 3.71. The van der Waals surface area contributed by atoms with Gasteiger partial charge in [0.15, 0.2) is 11.5 Å². The zero-order valence-corrected chi connectivity index (χ0v) is 13.4. The van der Waals surface area contributed by atoms with Gasteiger partial charge in [-0.3, -0.25) is 0 Å². The van der Waals surface area contributed by atoms with E-state index in [0.29, 0.717) is 35.3 Å². The number of rotatable bonds is 3. The Morgan fingerprint density at radius 2 is 1.96 bits per heavy atom. The molecule has 7 heteroatoms. The summed E-state index contributed by atoms with van der Waals surface area (Å²) in [6, 6.07) is 6.99. The van der Waals surface area contributed by atoms with Crippen molar-refractivity contribution < 1.29 is 29.2 Å².